The zero-order chi connectivity index (χ0) is 10.6. The maximum Gasteiger partial charge on any atom is 0.305 e. The van der Waals surface area contributed by atoms with Crippen LogP contribution in [0.3, 0.4) is 0 Å². The Morgan fingerprint density at radius 1 is 1.36 bits per heavy atom. The van der Waals surface area contributed by atoms with Crippen LogP contribution in [0.4, 0.5) is 0 Å². The Bertz CT molecular complexity index is 317. The van der Waals surface area contributed by atoms with Crippen LogP contribution in [0.1, 0.15) is 24.4 Å². The van der Waals surface area contributed by atoms with Crippen LogP contribution in [0.5, 0.6) is 0 Å². The molecule has 2 amide bonds. The van der Waals surface area contributed by atoms with Crippen LogP contribution in [0.2, 0.25) is 0 Å². The van der Waals surface area contributed by atoms with Crippen molar-refractivity contribution in [3.8, 4) is 0 Å². The normalized spacial score (nSPS) is 9.93. The van der Waals surface area contributed by atoms with E-state index in [0.29, 0.717) is 0 Å². The number of carbonyl (C=O) groups excluding carboxylic acids is 2. The number of rotatable bonds is 2. The number of furan rings is 1. The maximum atomic E-state index is 11.2. The van der Waals surface area contributed by atoms with Crippen molar-refractivity contribution in [2.24, 2.45) is 5.92 Å². The lowest BCUT2D eigenvalue weighted by atomic mass is 10.2. The second-order valence-electron chi connectivity index (χ2n) is 3.08. The van der Waals surface area contributed by atoms with E-state index in [4.69, 9.17) is 4.42 Å². The highest BCUT2D eigenvalue weighted by atomic mass is 16.3. The average Bonchev–Trinajstić information content (AvgIpc) is 2.66. The quantitative estimate of drug-likeness (QED) is 0.684. The van der Waals surface area contributed by atoms with Crippen LogP contribution in [0.15, 0.2) is 22.8 Å². The van der Waals surface area contributed by atoms with Gasteiger partial charge >= 0.3 is 5.91 Å². The van der Waals surface area contributed by atoms with Crippen LogP contribution in [-0.2, 0) is 4.79 Å². The van der Waals surface area contributed by atoms with Crippen molar-refractivity contribution in [2.75, 3.05) is 0 Å². The van der Waals surface area contributed by atoms with Gasteiger partial charge in [0.1, 0.15) is 0 Å². The van der Waals surface area contributed by atoms with Crippen LogP contribution >= 0.6 is 0 Å². The fourth-order valence-corrected chi connectivity index (χ4v) is 0.732. The van der Waals surface area contributed by atoms with Crippen molar-refractivity contribution < 1.29 is 14.0 Å². The lowest BCUT2D eigenvalue weighted by molar-refractivity contribution is -0.124. The molecular formula is C9H12N2O3. The van der Waals surface area contributed by atoms with E-state index < -0.39 is 5.91 Å². The fourth-order valence-electron chi connectivity index (χ4n) is 0.732. The van der Waals surface area contributed by atoms with E-state index in [-0.39, 0.29) is 17.6 Å². The summed E-state index contributed by atoms with van der Waals surface area (Å²) in [4.78, 5) is 22.3. The number of carbonyl (C=O) groups is 2. The molecule has 0 aliphatic heterocycles. The number of hydrogen-bond donors (Lipinski definition) is 2. The van der Waals surface area contributed by atoms with Crippen molar-refractivity contribution in [1.82, 2.24) is 10.9 Å². The summed E-state index contributed by atoms with van der Waals surface area (Å²) in [6.45, 7) is 3.46. The van der Waals surface area contributed by atoms with Crippen molar-refractivity contribution in [3.63, 3.8) is 0 Å². The molecule has 0 saturated heterocycles. The summed E-state index contributed by atoms with van der Waals surface area (Å²) in [5, 5.41) is 0. The summed E-state index contributed by atoms with van der Waals surface area (Å²) in [7, 11) is 0. The molecule has 2 N–H and O–H groups in total. The maximum absolute atomic E-state index is 11.2. The van der Waals surface area contributed by atoms with Gasteiger partial charge in [-0.1, -0.05) is 13.8 Å². The zero-order valence-electron chi connectivity index (χ0n) is 8.03. The van der Waals surface area contributed by atoms with Gasteiger partial charge in [-0.2, -0.15) is 0 Å². The summed E-state index contributed by atoms with van der Waals surface area (Å²) in [6, 6.07) is 3.11. The second kappa shape index (κ2) is 4.45. The van der Waals surface area contributed by atoms with Crippen LogP contribution in [-0.4, -0.2) is 11.8 Å². The van der Waals surface area contributed by atoms with Crippen molar-refractivity contribution in [2.45, 2.75) is 13.8 Å². The first-order chi connectivity index (χ1) is 6.61. The minimum atomic E-state index is -0.469. The Morgan fingerprint density at radius 2 is 2.07 bits per heavy atom. The molecular weight excluding hydrogens is 184 g/mol. The highest BCUT2D eigenvalue weighted by Gasteiger charge is 2.10. The van der Waals surface area contributed by atoms with Gasteiger partial charge in [0.2, 0.25) is 5.91 Å². The Kier molecular flexibility index (Phi) is 3.28. The molecule has 5 heteroatoms. The summed E-state index contributed by atoms with van der Waals surface area (Å²) < 4.78 is 4.82. The lowest BCUT2D eigenvalue weighted by Crippen LogP contribution is -2.43. The van der Waals surface area contributed by atoms with Crippen molar-refractivity contribution in [1.29, 1.82) is 0 Å². The van der Waals surface area contributed by atoms with E-state index in [1.165, 1.54) is 12.3 Å². The van der Waals surface area contributed by atoms with E-state index in [1.807, 2.05) is 0 Å². The SMILES string of the molecule is CC(C)C(=O)NNC(=O)c1ccco1. The van der Waals surface area contributed by atoms with E-state index in [0.717, 1.165) is 0 Å². The molecule has 1 aromatic rings. The Hall–Kier alpha value is -1.78. The van der Waals surface area contributed by atoms with Crippen LogP contribution < -0.4 is 10.9 Å². The predicted octanol–water partition coefficient (Wildman–Crippen LogP) is 0.697. The van der Waals surface area contributed by atoms with Gasteiger partial charge in [0.15, 0.2) is 5.76 Å². The molecule has 1 aromatic heterocycles. The molecule has 0 radical (unpaired) electrons. The minimum absolute atomic E-state index is 0.161. The molecule has 0 bridgehead atoms. The Morgan fingerprint density at radius 3 is 2.57 bits per heavy atom. The number of hydrogen-bond acceptors (Lipinski definition) is 3. The van der Waals surface area contributed by atoms with Gasteiger partial charge in [-0.3, -0.25) is 20.4 Å². The third-order valence-electron chi connectivity index (χ3n) is 1.57. The monoisotopic (exact) mass is 196 g/mol. The largest absolute Gasteiger partial charge is 0.459 e. The third kappa shape index (κ3) is 2.62. The summed E-state index contributed by atoms with van der Waals surface area (Å²) in [6.07, 6.45) is 1.39. The molecule has 0 fully saturated rings. The topological polar surface area (TPSA) is 71.3 Å². The average molecular weight is 196 g/mol. The first-order valence-electron chi connectivity index (χ1n) is 4.25. The molecule has 0 spiro atoms. The van der Waals surface area contributed by atoms with Crippen LogP contribution in [0, 0.1) is 5.92 Å². The van der Waals surface area contributed by atoms with E-state index >= 15 is 0 Å². The van der Waals surface area contributed by atoms with Gasteiger partial charge in [0, 0.05) is 5.92 Å². The highest BCUT2D eigenvalue weighted by molar-refractivity contribution is 5.92. The minimum Gasteiger partial charge on any atom is -0.459 e. The highest BCUT2D eigenvalue weighted by Crippen LogP contribution is 1.98. The standard InChI is InChI=1S/C9H12N2O3/c1-6(2)8(12)10-11-9(13)7-4-3-5-14-7/h3-6H,1-2H3,(H,10,12)(H,11,13). The van der Waals surface area contributed by atoms with Gasteiger partial charge < -0.3 is 4.42 Å². The molecule has 14 heavy (non-hydrogen) atoms. The van der Waals surface area contributed by atoms with E-state index in [1.54, 1.807) is 19.9 Å². The zero-order valence-corrected chi connectivity index (χ0v) is 8.03. The third-order valence-corrected chi connectivity index (χ3v) is 1.57. The van der Waals surface area contributed by atoms with Crippen molar-refractivity contribution in [3.05, 3.63) is 24.2 Å². The van der Waals surface area contributed by atoms with Gasteiger partial charge in [-0.25, -0.2) is 0 Å². The van der Waals surface area contributed by atoms with Gasteiger partial charge in [-0.05, 0) is 12.1 Å². The molecule has 1 rings (SSSR count). The molecule has 0 aliphatic carbocycles. The summed E-state index contributed by atoms with van der Waals surface area (Å²) in [5.41, 5.74) is 4.51. The smallest absolute Gasteiger partial charge is 0.305 e. The van der Waals surface area contributed by atoms with E-state index in [2.05, 4.69) is 10.9 Å². The number of nitrogens with one attached hydrogen (secondary N) is 2. The van der Waals surface area contributed by atoms with Crippen LogP contribution in [0.25, 0.3) is 0 Å². The molecule has 0 aliphatic rings. The van der Waals surface area contributed by atoms with Gasteiger partial charge in [0.25, 0.3) is 0 Å². The molecule has 5 nitrogen and oxygen atoms in total. The fraction of sp³-hybridized carbons (Fsp3) is 0.333. The number of amides is 2. The second-order valence-corrected chi connectivity index (χ2v) is 3.08. The van der Waals surface area contributed by atoms with Crippen molar-refractivity contribution >= 4 is 11.8 Å². The molecule has 0 unspecified atom stereocenters. The summed E-state index contributed by atoms with van der Waals surface area (Å²) in [5.74, 6) is -0.727. The molecule has 0 aromatic carbocycles. The molecule has 0 atom stereocenters. The molecule has 76 valence electrons. The predicted molar refractivity (Wildman–Crippen MR) is 49.2 cm³/mol. The first-order valence-corrected chi connectivity index (χ1v) is 4.25. The summed E-state index contributed by atoms with van der Waals surface area (Å²) >= 11 is 0. The van der Waals surface area contributed by atoms with Gasteiger partial charge in [-0.15, -0.1) is 0 Å². The Labute approximate surface area is 81.4 Å². The number of hydrazine groups is 1. The molecule has 1 heterocycles. The molecule has 0 saturated carbocycles. The van der Waals surface area contributed by atoms with Gasteiger partial charge in [0.05, 0.1) is 6.26 Å². The van der Waals surface area contributed by atoms with E-state index in [9.17, 15) is 9.59 Å². The lowest BCUT2D eigenvalue weighted by Gasteiger charge is -2.07. The Balaban J connectivity index is 2.40. The first kappa shape index (κ1) is 10.3.